The van der Waals surface area contributed by atoms with Crippen LogP contribution in [0.5, 0.6) is 0 Å². The van der Waals surface area contributed by atoms with Gasteiger partial charge in [0.25, 0.3) is 0 Å². The number of benzene rings is 1. The molecule has 0 saturated carbocycles. The van der Waals surface area contributed by atoms with Gasteiger partial charge in [-0.15, -0.1) is 0 Å². The minimum absolute atomic E-state index is 0.0145. The first-order valence-corrected chi connectivity index (χ1v) is 8.35. The van der Waals surface area contributed by atoms with Crippen molar-refractivity contribution in [2.24, 2.45) is 5.92 Å². The van der Waals surface area contributed by atoms with E-state index >= 15 is 0 Å². The van der Waals surface area contributed by atoms with Gasteiger partial charge < -0.3 is 14.8 Å². The molecule has 124 valence electrons. The molecule has 2 atom stereocenters. The van der Waals surface area contributed by atoms with Gasteiger partial charge in [0.15, 0.2) is 0 Å². The Morgan fingerprint density at radius 3 is 2.88 bits per heavy atom. The summed E-state index contributed by atoms with van der Waals surface area (Å²) in [6, 6.07) is 7.07. The van der Waals surface area contributed by atoms with Crippen molar-refractivity contribution in [3.8, 4) is 0 Å². The topological polar surface area (TPSA) is 67.2 Å². The van der Waals surface area contributed by atoms with Gasteiger partial charge in [0, 0.05) is 38.3 Å². The molecule has 3 heterocycles. The SMILES string of the molecule is O=C(NC1CC(=O)N(c2ccccc2Cl)C1)C1Cc2nccn2C1. The van der Waals surface area contributed by atoms with Gasteiger partial charge in [0.05, 0.1) is 22.7 Å². The number of imidazole rings is 1. The maximum Gasteiger partial charge on any atom is 0.229 e. The number of aromatic nitrogens is 2. The first-order valence-electron chi connectivity index (χ1n) is 7.97. The number of anilines is 1. The molecule has 2 aliphatic heterocycles. The summed E-state index contributed by atoms with van der Waals surface area (Å²) in [5.41, 5.74) is 0.696. The lowest BCUT2D eigenvalue weighted by Gasteiger charge is -2.19. The normalized spacial score (nSPS) is 22.7. The van der Waals surface area contributed by atoms with Crippen molar-refractivity contribution < 1.29 is 9.59 Å². The van der Waals surface area contributed by atoms with Gasteiger partial charge in [-0.25, -0.2) is 4.98 Å². The van der Waals surface area contributed by atoms with Crippen LogP contribution < -0.4 is 10.2 Å². The Morgan fingerprint density at radius 2 is 2.08 bits per heavy atom. The molecule has 1 N–H and O–H groups in total. The van der Waals surface area contributed by atoms with Crippen LogP contribution in [-0.4, -0.2) is 34.0 Å². The van der Waals surface area contributed by atoms with Crippen LogP contribution in [0.15, 0.2) is 36.7 Å². The fraction of sp³-hybridized carbons (Fsp3) is 0.353. The highest BCUT2D eigenvalue weighted by atomic mass is 35.5. The predicted octanol–water partition coefficient (Wildman–Crippen LogP) is 1.63. The summed E-state index contributed by atoms with van der Waals surface area (Å²) in [7, 11) is 0. The minimum atomic E-state index is -0.186. The maximum absolute atomic E-state index is 12.5. The summed E-state index contributed by atoms with van der Waals surface area (Å²) >= 11 is 6.17. The van der Waals surface area contributed by atoms with Gasteiger partial charge in [-0.05, 0) is 12.1 Å². The first kappa shape index (κ1) is 15.2. The van der Waals surface area contributed by atoms with Gasteiger partial charge in [0.2, 0.25) is 11.8 Å². The number of nitrogens with zero attached hydrogens (tertiary/aromatic N) is 3. The summed E-state index contributed by atoms with van der Waals surface area (Å²) in [6.45, 7) is 1.10. The smallest absolute Gasteiger partial charge is 0.229 e. The summed E-state index contributed by atoms with van der Waals surface area (Å²) in [5.74, 6) is 0.792. The monoisotopic (exact) mass is 344 g/mol. The lowest BCUT2D eigenvalue weighted by Crippen LogP contribution is -2.41. The Labute approximate surface area is 144 Å². The fourth-order valence-corrected chi connectivity index (χ4v) is 3.66. The van der Waals surface area contributed by atoms with E-state index in [1.54, 1.807) is 17.2 Å². The minimum Gasteiger partial charge on any atom is -0.351 e. The molecule has 1 aromatic heterocycles. The number of halogens is 1. The molecule has 6 nitrogen and oxygen atoms in total. The molecule has 0 radical (unpaired) electrons. The van der Waals surface area contributed by atoms with Crippen molar-refractivity contribution in [3.05, 3.63) is 47.5 Å². The van der Waals surface area contributed by atoms with Crippen molar-refractivity contribution in [1.82, 2.24) is 14.9 Å². The molecule has 1 saturated heterocycles. The zero-order valence-electron chi connectivity index (χ0n) is 13.0. The van der Waals surface area contributed by atoms with E-state index in [1.807, 2.05) is 29.0 Å². The van der Waals surface area contributed by atoms with Crippen molar-refractivity contribution in [2.75, 3.05) is 11.4 Å². The molecular weight excluding hydrogens is 328 g/mol. The summed E-state index contributed by atoms with van der Waals surface area (Å²) in [5, 5.41) is 3.55. The van der Waals surface area contributed by atoms with E-state index in [9.17, 15) is 9.59 Å². The Hall–Kier alpha value is -2.34. The number of rotatable bonds is 3. The molecule has 2 aromatic rings. The van der Waals surface area contributed by atoms with E-state index in [1.165, 1.54) is 0 Å². The van der Waals surface area contributed by atoms with Crippen molar-refractivity contribution in [1.29, 1.82) is 0 Å². The quantitative estimate of drug-likeness (QED) is 0.920. The molecule has 4 rings (SSSR count). The van der Waals surface area contributed by atoms with E-state index in [2.05, 4.69) is 10.3 Å². The largest absolute Gasteiger partial charge is 0.351 e. The second kappa shape index (κ2) is 5.94. The maximum atomic E-state index is 12.5. The standard InChI is InChI=1S/C17H17ClN4O2/c18-13-3-1-2-4-14(13)22-10-12(8-16(22)23)20-17(24)11-7-15-19-5-6-21(15)9-11/h1-6,11-12H,7-10H2,(H,20,24). The third kappa shape index (κ3) is 2.67. The average molecular weight is 345 g/mol. The molecule has 1 aromatic carbocycles. The predicted molar refractivity (Wildman–Crippen MR) is 89.8 cm³/mol. The van der Waals surface area contributed by atoms with Crippen LogP contribution in [0.1, 0.15) is 12.2 Å². The molecule has 7 heteroatoms. The highest BCUT2D eigenvalue weighted by Gasteiger charge is 2.35. The van der Waals surface area contributed by atoms with Gasteiger partial charge >= 0.3 is 0 Å². The van der Waals surface area contributed by atoms with E-state index in [-0.39, 0.29) is 23.8 Å². The molecule has 2 amide bonds. The number of amides is 2. The zero-order valence-corrected chi connectivity index (χ0v) is 13.7. The molecule has 2 aliphatic rings. The highest BCUT2D eigenvalue weighted by molar-refractivity contribution is 6.33. The average Bonchev–Trinajstić information content (AvgIpc) is 3.22. The molecular formula is C17H17ClN4O2. The summed E-state index contributed by atoms with van der Waals surface area (Å²) < 4.78 is 2.00. The fourth-order valence-electron chi connectivity index (χ4n) is 3.42. The molecule has 2 unspecified atom stereocenters. The van der Waals surface area contributed by atoms with Gasteiger partial charge in [-0.2, -0.15) is 0 Å². The third-order valence-corrected chi connectivity index (χ3v) is 4.95. The molecule has 0 bridgehead atoms. The van der Waals surface area contributed by atoms with Crippen LogP contribution in [0.25, 0.3) is 0 Å². The molecule has 1 fully saturated rings. The van der Waals surface area contributed by atoms with Crippen LogP contribution in [0.3, 0.4) is 0 Å². The summed E-state index contributed by atoms with van der Waals surface area (Å²) in [4.78, 5) is 30.6. The van der Waals surface area contributed by atoms with Crippen molar-refractivity contribution >= 4 is 29.1 Å². The second-order valence-corrected chi connectivity index (χ2v) is 6.67. The van der Waals surface area contributed by atoms with Crippen LogP contribution in [0.2, 0.25) is 5.02 Å². The van der Waals surface area contributed by atoms with Gasteiger partial charge in [-0.1, -0.05) is 23.7 Å². The van der Waals surface area contributed by atoms with E-state index < -0.39 is 0 Å². The lowest BCUT2D eigenvalue weighted by molar-refractivity contribution is -0.125. The van der Waals surface area contributed by atoms with E-state index in [0.717, 1.165) is 5.82 Å². The van der Waals surface area contributed by atoms with E-state index in [0.29, 0.717) is 36.6 Å². The van der Waals surface area contributed by atoms with Crippen molar-refractivity contribution in [2.45, 2.75) is 25.4 Å². The number of carbonyl (C=O) groups is 2. The Morgan fingerprint density at radius 1 is 1.25 bits per heavy atom. The number of nitrogens with one attached hydrogen (secondary N) is 1. The molecule has 24 heavy (non-hydrogen) atoms. The number of hydrogen-bond donors (Lipinski definition) is 1. The van der Waals surface area contributed by atoms with Crippen LogP contribution in [0, 0.1) is 5.92 Å². The number of hydrogen-bond acceptors (Lipinski definition) is 3. The highest BCUT2D eigenvalue weighted by Crippen LogP contribution is 2.29. The number of carbonyl (C=O) groups excluding carboxylic acids is 2. The zero-order chi connectivity index (χ0) is 16.7. The Kier molecular flexibility index (Phi) is 3.76. The van der Waals surface area contributed by atoms with Gasteiger partial charge in [-0.3, -0.25) is 9.59 Å². The van der Waals surface area contributed by atoms with Crippen LogP contribution in [-0.2, 0) is 22.6 Å². The number of fused-ring (bicyclic) bond motifs is 1. The van der Waals surface area contributed by atoms with Crippen LogP contribution >= 0.6 is 11.6 Å². The summed E-state index contributed by atoms with van der Waals surface area (Å²) in [6.07, 6.45) is 4.59. The van der Waals surface area contributed by atoms with Crippen LogP contribution in [0.4, 0.5) is 5.69 Å². The van der Waals surface area contributed by atoms with Gasteiger partial charge in [0.1, 0.15) is 5.82 Å². The lowest BCUT2D eigenvalue weighted by atomic mass is 10.1. The molecule has 0 aliphatic carbocycles. The Balaban J connectivity index is 1.40. The first-order chi connectivity index (χ1) is 11.6. The molecule has 0 spiro atoms. The van der Waals surface area contributed by atoms with Crippen molar-refractivity contribution in [3.63, 3.8) is 0 Å². The Bertz CT molecular complexity index is 783. The second-order valence-electron chi connectivity index (χ2n) is 6.26. The number of para-hydroxylation sites is 1. The van der Waals surface area contributed by atoms with E-state index in [4.69, 9.17) is 11.6 Å². The third-order valence-electron chi connectivity index (χ3n) is 4.63.